The zero-order chi connectivity index (χ0) is 22.6. The van der Waals surface area contributed by atoms with Crippen molar-refractivity contribution in [3.05, 3.63) is 84.3 Å². The number of nitrogens with one attached hydrogen (secondary N) is 1. The highest BCUT2D eigenvalue weighted by Crippen LogP contribution is 2.19. The van der Waals surface area contributed by atoms with Crippen LogP contribution in [0.1, 0.15) is 16.1 Å². The maximum Gasteiger partial charge on any atom is 0.257 e. The molecule has 1 aliphatic rings. The van der Waals surface area contributed by atoms with Gasteiger partial charge >= 0.3 is 0 Å². The van der Waals surface area contributed by atoms with Crippen molar-refractivity contribution < 1.29 is 4.79 Å². The molecule has 3 aromatic heterocycles. The number of carbonyl (C=O) groups is 1. The van der Waals surface area contributed by atoms with E-state index >= 15 is 0 Å². The first kappa shape index (κ1) is 20.6. The van der Waals surface area contributed by atoms with Crippen molar-refractivity contribution >= 4 is 23.4 Å². The summed E-state index contributed by atoms with van der Waals surface area (Å²) in [6.07, 6.45) is 3.38. The fraction of sp³-hybridized carbons (Fsp3) is 0.208. The zero-order valence-electron chi connectivity index (χ0n) is 18.3. The fourth-order valence-electron chi connectivity index (χ4n) is 3.89. The Bertz CT molecular complexity index is 1220. The molecule has 0 unspecified atom stereocenters. The quantitative estimate of drug-likeness (QED) is 0.510. The number of rotatable bonds is 5. The highest BCUT2D eigenvalue weighted by molar-refractivity contribution is 5.95. The molecule has 9 heteroatoms. The molecular formula is C24H24N8O. The van der Waals surface area contributed by atoms with Crippen LogP contribution in [0.3, 0.4) is 0 Å². The van der Waals surface area contributed by atoms with Crippen LogP contribution in [-0.4, -0.2) is 61.9 Å². The summed E-state index contributed by atoms with van der Waals surface area (Å²) < 4.78 is 1.81. The molecule has 0 atom stereocenters. The summed E-state index contributed by atoms with van der Waals surface area (Å²) in [4.78, 5) is 21.4. The molecule has 33 heavy (non-hydrogen) atoms. The summed E-state index contributed by atoms with van der Waals surface area (Å²) in [5.74, 6) is 2.16. The normalized spacial score (nSPS) is 13.7. The van der Waals surface area contributed by atoms with Gasteiger partial charge in [-0.15, -0.1) is 10.2 Å². The molecule has 1 saturated heterocycles. The molecule has 0 saturated carbocycles. The summed E-state index contributed by atoms with van der Waals surface area (Å²) in [7, 11) is 0. The van der Waals surface area contributed by atoms with Gasteiger partial charge in [-0.2, -0.15) is 5.10 Å². The molecule has 1 fully saturated rings. The minimum atomic E-state index is 0.00956. The van der Waals surface area contributed by atoms with Crippen LogP contribution in [0.15, 0.2) is 73.1 Å². The van der Waals surface area contributed by atoms with Gasteiger partial charge in [-0.05, 0) is 43.3 Å². The molecule has 1 aliphatic heterocycles. The van der Waals surface area contributed by atoms with Gasteiger partial charge in [-0.25, -0.2) is 9.67 Å². The van der Waals surface area contributed by atoms with Gasteiger partial charge in [-0.3, -0.25) is 4.79 Å². The molecule has 166 valence electrons. The zero-order valence-corrected chi connectivity index (χ0v) is 18.3. The van der Waals surface area contributed by atoms with E-state index in [1.807, 2.05) is 72.5 Å². The van der Waals surface area contributed by atoms with E-state index in [0.29, 0.717) is 37.6 Å². The number of amides is 1. The second-order valence-corrected chi connectivity index (χ2v) is 7.79. The Morgan fingerprint density at radius 3 is 2.36 bits per heavy atom. The number of benzene rings is 1. The van der Waals surface area contributed by atoms with Crippen LogP contribution in [0.25, 0.3) is 5.69 Å². The highest BCUT2D eigenvalue weighted by Gasteiger charge is 2.25. The lowest BCUT2D eigenvalue weighted by Crippen LogP contribution is -2.49. The Hall–Kier alpha value is -4.27. The third-order valence-corrected chi connectivity index (χ3v) is 5.70. The number of nitrogens with zero attached hydrogens (tertiary/aromatic N) is 7. The van der Waals surface area contributed by atoms with E-state index in [2.05, 4.69) is 30.5 Å². The Balaban J connectivity index is 1.21. The van der Waals surface area contributed by atoms with Crippen LogP contribution in [0, 0.1) is 6.92 Å². The molecule has 0 bridgehead atoms. The maximum absolute atomic E-state index is 13.1. The third kappa shape index (κ3) is 4.38. The van der Waals surface area contributed by atoms with E-state index in [1.165, 1.54) is 0 Å². The average Bonchev–Trinajstić information content (AvgIpc) is 3.26. The van der Waals surface area contributed by atoms with Crippen molar-refractivity contribution in [3.63, 3.8) is 0 Å². The largest absolute Gasteiger partial charge is 0.352 e. The molecule has 9 nitrogen and oxygen atoms in total. The number of para-hydroxylation sites is 1. The van der Waals surface area contributed by atoms with E-state index in [-0.39, 0.29) is 5.91 Å². The number of hydrogen-bond donors (Lipinski definition) is 1. The van der Waals surface area contributed by atoms with Crippen LogP contribution in [0.2, 0.25) is 0 Å². The summed E-state index contributed by atoms with van der Waals surface area (Å²) in [6, 6.07) is 19.3. The highest BCUT2D eigenvalue weighted by atomic mass is 16.2. The molecule has 1 amide bonds. The lowest BCUT2D eigenvalue weighted by molar-refractivity contribution is 0.0745. The summed E-state index contributed by atoms with van der Waals surface area (Å²) >= 11 is 0. The molecule has 5 rings (SSSR count). The van der Waals surface area contributed by atoms with E-state index in [4.69, 9.17) is 0 Å². The molecule has 4 heterocycles. The summed E-state index contributed by atoms with van der Waals surface area (Å²) in [5.41, 5.74) is 2.42. The SMILES string of the molecule is Cc1c(C(=O)N2CCN(c3ccc(Nc4ccccn4)nn3)CC2)cnn1-c1ccccc1. The van der Waals surface area contributed by atoms with Gasteiger partial charge in [0.05, 0.1) is 23.1 Å². The van der Waals surface area contributed by atoms with E-state index in [9.17, 15) is 4.79 Å². The van der Waals surface area contributed by atoms with Gasteiger partial charge in [0.25, 0.3) is 5.91 Å². The van der Waals surface area contributed by atoms with E-state index in [0.717, 1.165) is 23.0 Å². The standard InChI is InChI=1S/C24H24N8O/c1-18-20(17-26-32(18)19-7-3-2-4-8-19)24(33)31-15-13-30(14-16-31)23-11-10-22(28-29-23)27-21-9-5-6-12-25-21/h2-12,17H,13-16H2,1H3,(H,25,27,28). The van der Waals surface area contributed by atoms with Crippen LogP contribution in [0.5, 0.6) is 0 Å². The van der Waals surface area contributed by atoms with Gasteiger partial charge in [0.15, 0.2) is 11.6 Å². The van der Waals surface area contributed by atoms with Crippen molar-refractivity contribution in [1.29, 1.82) is 0 Å². The van der Waals surface area contributed by atoms with Gasteiger partial charge < -0.3 is 15.1 Å². The van der Waals surface area contributed by atoms with Gasteiger partial charge in [0, 0.05) is 32.4 Å². The molecule has 0 radical (unpaired) electrons. The minimum absolute atomic E-state index is 0.00956. The van der Waals surface area contributed by atoms with Crippen molar-refractivity contribution in [2.24, 2.45) is 0 Å². The van der Waals surface area contributed by atoms with Gasteiger partial charge in [0.2, 0.25) is 0 Å². The first-order valence-corrected chi connectivity index (χ1v) is 10.8. The Morgan fingerprint density at radius 2 is 1.67 bits per heavy atom. The summed E-state index contributed by atoms with van der Waals surface area (Å²) in [6.45, 7) is 4.55. The predicted molar refractivity (Wildman–Crippen MR) is 126 cm³/mol. The van der Waals surface area contributed by atoms with E-state index in [1.54, 1.807) is 17.1 Å². The Kier molecular flexibility index (Phi) is 5.67. The molecular weight excluding hydrogens is 416 g/mol. The number of aromatic nitrogens is 5. The average molecular weight is 441 g/mol. The Labute approximate surface area is 191 Å². The smallest absolute Gasteiger partial charge is 0.257 e. The molecule has 0 aliphatic carbocycles. The fourth-order valence-corrected chi connectivity index (χ4v) is 3.89. The number of carbonyl (C=O) groups excluding carboxylic acids is 1. The lowest BCUT2D eigenvalue weighted by Gasteiger charge is -2.35. The maximum atomic E-state index is 13.1. The molecule has 1 N–H and O–H groups in total. The number of anilines is 3. The number of pyridine rings is 1. The van der Waals surface area contributed by atoms with Crippen molar-refractivity contribution in [2.45, 2.75) is 6.92 Å². The lowest BCUT2D eigenvalue weighted by atomic mass is 10.2. The van der Waals surface area contributed by atoms with Gasteiger partial charge in [0.1, 0.15) is 5.82 Å². The van der Waals surface area contributed by atoms with Crippen molar-refractivity contribution in [2.75, 3.05) is 36.4 Å². The monoisotopic (exact) mass is 440 g/mol. The first-order valence-electron chi connectivity index (χ1n) is 10.8. The second-order valence-electron chi connectivity index (χ2n) is 7.79. The second kappa shape index (κ2) is 9.07. The van der Waals surface area contributed by atoms with Crippen LogP contribution >= 0.6 is 0 Å². The molecule has 1 aromatic carbocycles. The molecule has 0 spiro atoms. The first-order chi connectivity index (χ1) is 16.2. The predicted octanol–water partition coefficient (Wildman–Crippen LogP) is 3.07. The van der Waals surface area contributed by atoms with Crippen molar-refractivity contribution in [1.82, 2.24) is 29.9 Å². The van der Waals surface area contributed by atoms with Gasteiger partial charge in [-0.1, -0.05) is 24.3 Å². The van der Waals surface area contributed by atoms with Crippen LogP contribution in [0.4, 0.5) is 17.5 Å². The van der Waals surface area contributed by atoms with E-state index < -0.39 is 0 Å². The number of hydrogen-bond acceptors (Lipinski definition) is 7. The van der Waals surface area contributed by atoms with Crippen molar-refractivity contribution in [3.8, 4) is 5.69 Å². The Morgan fingerprint density at radius 1 is 0.879 bits per heavy atom. The minimum Gasteiger partial charge on any atom is -0.352 e. The summed E-state index contributed by atoms with van der Waals surface area (Å²) in [5, 5.41) is 16.2. The number of piperazine rings is 1. The topological polar surface area (TPSA) is 92.1 Å². The third-order valence-electron chi connectivity index (χ3n) is 5.70. The van der Waals surface area contributed by atoms with Crippen LogP contribution in [-0.2, 0) is 0 Å². The van der Waals surface area contributed by atoms with Crippen LogP contribution < -0.4 is 10.2 Å². The molecule has 4 aromatic rings.